The van der Waals surface area contributed by atoms with Gasteiger partial charge in [-0.1, -0.05) is 154 Å². The average Bonchev–Trinajstić information content (AvgIpc) is 3.12. The Kier molecular flexibility index (Phi) is 36.5. The molecule has 0 amide bonds. The van der Waals surface area contributed by atoms with Crippen LogP contribution >= 0.6 is 0 Å². The van der Waals surface area contributed by atoms with E-state index in [-0.39, 0.29) is 0 Å². The minimum absolute atomic E-state index is 1.09. The second kappa shape index (κ2) is 37.0. The Bertz CT molecular complexity index is 797. The standard InChI is InChI=1S/C50H104N3/c1-9-12-15-17-19-21-23-25-27-29-31-33-35-37-39-41-46-52(7,45-14-11-3)49-50-53(8,48-43-44-51(4,5)6)47-42-40-38-36-34-32-30-28-26-24-22-20-18-16-13-10-2/h25-28H,9-24,29-50H2,1-8H3/q+3. The lowest BCUT2D eigenvalue weighted by molar-refractivity contribution is -0.965. The maximum absolute atomic E-state index is 2.61. The van der Waals surface area contributed by atoms with Gasteiger partial charge in [-0.3, -0.25) is 0 Å². The first-order valence-corrected chi connectivity index (χ1v) is 24.4. The largest absolute Gasteiger partial charge is 0.331 e. The van der Waals surface area contributed by atoms with Gasteiger partial charge in [0.1, 0.15) is 13.1 Å². The van der Waals surface area contributed by atoms with E-state index in [0.29, 0.717) is 0 Å². The van der Waals surface area contributed by atoms with Crippen molar-refractivity contribution in [3.05, 3.63) is 24.3 Å². The third-order valence-corrected chi connectivity index (χ3v) is 12.2. The summed E-state index contributed by atoms with van der Waals surface area (Å²) in [6.07, 6.45) is 53.0. The highest BCUT2D eigenvalue weighted by atomic mass is 15.4. The molecule has 0 saturated carbocycles. The van der Waals surface area contributed by atoms with Gasteiger partial charge in [-0.05, 0) is 83.5 Å². The zero-order chi connectivity index (χ0) is 39.2. The first kappa shape index (κ1) is 52.4. The fourth-order valence-electron chi connectivity index (χ4n) is 8.10. The molecule has 0 bridgehead atoms. The number of hydrogen-bond acceptors (Lipinski definition) is 0. The molecule has 0 aliphatic rings. The highest BCUT2D eigenvalue weighted by molar-refractivity contribution is 4.82. The zero-order valence-corrected chi connectivity index (χ0v) is 38.5. The van der Waals surface area contributed by atoms with Crippen LogP contribution in [0.15, 0.2) is 24.3 Å². The first-order valence-electron chi connectivity index (χ1n) is 24.4. The minimum atomic E-state index is 1.09. The van der Waals surface area contributed by atoms with E-state index in [9.17, 15) is 0 Å². The molecule has 2 atom stereocenters. The van der Waals surface area contributed by atoms with Crippen LogP contribution in [0.3, 0.4) is 0 Å². The number of hydrogen-bond donors (Lipinski definition) is 0. The monoisotopic (exact) mass is 747 g/mol. The van der Waals surface area contributed by atoms with Crippen LogP contribution in [0, 0.1) is 0 Å². The van der Waals surface area contributed by atoms with Gasteiger partial charge in [-0.25, -0.2) is 0 Å². The van der Waals surface area contributed by atoms with Gasteiger partial charge >= 0.3 is 0 Å². The molecular formula is C50H104N3+3. The molecule has 0 aliphatic heterocycles. The lowest BCUT2D eigenvalue weighted by Crippen LogP contribution is -2.56. The van der Waals surface area contributed by atoms with Gasteiger partial charge < -0.3 is 13.4 Å². The van der Waals surface area contributed by atoms with E-state index in [4.69, 9.17) is 0 Å². The van der Waals surface area contributed by atoms with Gasteiger partial charge in [-0.2, -0.15) is 0 Å². The van der Waals surface area contributed by atoms with E-state index < -0.39 is 0 Å². The van der Waals surface area contributed by atoms with E-state index in [1.807, 2.05) is 0 Å². The zero-order valence-electron chi connectivity index (χ0n) is 38.5. The van der Waals surface area contributed by atoms with Crippen LogP contribution in [0.5, 0.6) is 0 Å². The van der Waals surface area contributed by atoms with Crippen LogP contribution in [-0.2, 0) is 0 Å². The number of nitrogens with zero attached hydrogens (tertiary/aromatic N) is 3. The van der Waals surface area contributed by atoms with E-state index in [1.165, 1.54) is 254 Å². The van der Waals surface area contributed by atoms with Crippen LogP contribution in [0.1, 0.15) is 220 Å². The second-order valence-corrected chi connectivity index (χ2v) is 19.2. The van der Waals surface area contributed by atoms with Gasteiger partial charge in [0.15, 0.2) is 0 Å². The van der Waals surface area contributed by atoms with E-state index in [2.05, 4.69) is 80.3 Å². The summed E-state index contributed by atoms with van der Waals surface area (Å²) in [4.78, 5) is 0. The molecule has 0 radical (unpaired) electrons. The van der Waals surface area contributed by atoms with Gasteiger partial charge in [0.05, 0.1) is 68.0 Å². The summed E-state index contributed by atoms with van der Waals surface area (Å²) in [6.45, 7) is 16.5. The molecule has 0 aliphatic carbocycles. The molecule has 0 saturated heterocycles. The Balaban J connectivity index is 4.46. The molecule has 0 aromatic carbocycles. The Morgan fingerprint density at radius 3 is 0.830 bits per heavy atom. The van der Waals surface area contributed by atoms with Crippen molar-refractivity contribution in [3.63, 3.8) is 0 Å². The van der Waals surface area contributed by atoms with Crippen LogP contribution < -0.4 is 0 Å². The molecule has 3 nitrogen and oxygen atoms in total. The first-order chi connectivity index (χ1) is 25.6. The molecule has 53 heavy (non-hydrogen) atoms. The Hall–Kier alpha value is -0.640. The average molecular weight is 747 g/mol. The second-order valence-electron chi connectivity index (χ2n) is 19.2. The predicted octanol–water partition coefficient (Wildman–Crippen LogP) is 14.9. The fourth-order valence-corrected chi connectivity index (χ4v) is 8.10. The quantitative estimate of drug-likeness (QED) is 0.0331. The molecule has 0 heterocycles. The van der Waals surface area contributed by atoms with Crippen molar-refractivity contribution in [2.45, 2.75) is 220 Å². The van der Waals surface area contributed by atoms with Crippen molar-refractivity contribution in [1.82, 2.24) is 0 Å². The smallest absolute Gasteiger partial charge is 0.128 e. The maximum atomic E-state index is 2.61. The third kappa shape index (κ3) is 38.0. The summed E-state index contributed by atoms with van der Waals surface area (Å²) in [6, 6.07) is 0. The van der Waals surface area contributed by atoms with E-state index >= 15 is 0 Å². The molecule has 0 rings (SSSR count). The summed E-state index contributed by atoms with van der Waals surface area (Å²) in [5.41, 5.74) is 0. The van der Waals surface area contributed by atoms with E-state index in [0.717, 1.165) is 4.48 Å². The molecule has 0 N–H and O–H groups in total. The summed E-state index contributed by atoms with van der Waals surface area (Å²) < 4.78 is 3.68. The lowest BCUT2D eigenvalue weighted by atomic mass is 10.1. The summed E-state index contributed by atoms with van der Waals surface area (Å²) in [5, 5.41) is 0. The topological polar surface area (TPSA) is 0 Å². The molecule has 0 spiro atoms. The number of rotatable bonds is 42. The molecule has 0 aromatic heterocycles. The Morgan fingerprint density at radius 1 is 0.245 bits per heavy atom. The molecule has 0 fully saturated rings. The van der Waals surface area contributed by atoms with Crippen molar-refractivity contribution < 1.29 is 13.4 Å². The van der Waals surface area contributed by atoms with Crippen molar-refractivity contribution in [2.24, 2.45) is 0 Å². The number of quaternary nitrogens is 3. The predicted molar refractivity (Wildman–Crippen MR) is 243 cm³/mol. The van der Waals surface area contributed by atoms with Gasteiger partial charge in [-0.15, -0.1) is 0 Å². The SMILES string of the molecule is CCCCCCCCC=CCCCCCCCC[N+](C)(CCCC)CC[N+](C)(CCCCCCCCC=CCCCCCCCC)CCC[N+](C)(C)C. The van der Waals surface area contributed by atoms with Crippen molar-refractivity contribution in [1.29, 1.82) is 0 Å². The molecular weight excluding hydrogens is 643 g/mol. The lowest BCUT2D eigenvalue weighted by Gasteiger charge is -2.41. The van der Waals surface area contributed by atoms with Crippen LogP contribution in [0.25, 0.3) is 0 Å². The summed E-state index contributed by atoms with van der Waals surface area (Å²) in [5.74, 6) is 0. The number of likely N-dealkylation sites (N-methyl/N-ethyl adjacent to an activating group) is 2. The van der Waals surface area contributed by atoms with Gasteiger partial charge in [0.25, 0.3) is 0 Å². The maximum Gasteiger partial charge on any atom is 0.128 e. The fraction of sp³-hybridized carbons (Fsp3) is 0.920. The van der Waals surface area contributed by atoms with Gasteiger partial charge in [0.2, 0.25) is 0 Å². The van der Waals surface area contributed by atoms with E-state index in [1.54, 1.807) is 0 Å². The van der Waals surface area contributed by atoms with Crippen LogP contribution in [0.2, 0.25) is 0 Å². The molecule has 3 heteroatoms. The number of unbranched alkanes of at least 4 members (excludes halogenated alkanes) is 25. The highest BCUT2D eigenvalue weighted by Gasteiger charge is 2.29. The van der Waals surface area contributed by atoms with Crippen molar-refractivity contribution in [3.8, 4) is 0 Å². The van der Waals surface area contributed by atoms with Gasteiger partial charge in [0, 0.05) is 6.42 Å². The number of allylic oxidation sites excluding steroid dienone is 4. The van der Waals surface area contributed by atoms with Crippen LogP contribution in [0.4, 0.5) is 0 Å². The molecule has 0 aromatic rings. The van der Waals surface area contributed by atoms with Crippen LogP contribution in [-0.4, -0.2) is 94.5 Å². The highest BCUT2D eigenvalue weighted by Crippen LogP contribution is 2.18. The summed E-state index contributed by atoms with van der Waals surface area (Å²) in [7, 11) is 12.3. The van der Waals surface area contributed by atoms with Crippen molar-refractivity contribution in [2.75, 3.05) is 81.1 Å². The molecule has 2 unspecified atom stereocenters. The normalized spacial score (nSPS) is 14.8. The minimum Gasteiger partial charge on any atom is -0.331 e. The van der Waals surface area contributed by atoms with Crippen molar-refractivity contribution >= 4 is 0 Å². The Labute approximate surface area is 337 Å². The third-order valence-electron chi connectivity index (χ3n) is 12.2. The molecule has 316 valence electrons. The summed E-state index contributed by atoms with van der Waals surface area (Å²) >= 11 is 0. The Morgan fingerprint density at radius 2 is 0.509 bits per heavy atom.